The van der Waals surface area contributed by atoms with Gasteiger partial charge in [0, 0.05) is 24.8 Å². The van der Waals surface area contributed by atoms with Crippen LogP contribution in [-0.2, 0) is 11.3 Å². The van der Waals surface area contributed by atoms with Crippen molar-refractivity contribution in [1.29, 1.82) is 5.26 Å². The van der Waals surface area contributed by atoms with Crippen molar-refractivity contribution in [1.82, 2.24) is 5.32 Å². The Kier molecular flexibility index (Phi) is 6.20. The summed E-state index contributed by atoms with van der Waals surface area (Å²) in [4.78, 5) is 0. The molecule has 4 heteroatoms. The fourth-order valence-corrected chi connectivity index (χ4v) is 1.62. The van der Waals surface area contributed by atoms with Crippen molar-refractivity contribution in [2.45, 2.75) is 26.4 Å². The molecule has 18 heavy (non-hydrogen) atoms. The van der Waals surface area contributed by atoms with Gasteiger partial charge >= 0.3 is 0 Å². The normalized spacial score (nSPS) is 11.9. The summed E-state index contributed by atoms with van der Waals surface area (Å²) >= 11 is 0. The summed E-state index contributed by atoms with van der Waals surface area (Å²) < 4.78 is 10.6. The molecule has 0 amide bonds. The Morgan fingerprint density at radius 3 is 2.83 bits per heavy atom. The first kappa shape index (κ1) is 14.5. The van der Waals surface area contributed by atoms with Gasteiger partial charge in [0.1, 0.15) is 5.75 Å². The first-order valence-corrected chi connectivity index (χ1v) is 6.09. The maximum Gasteiger partial charge on any atom is 0.123 e. The molecule has 0 aromatic heterocycles. The Bertz CT molecular complexity index is 413. The van der Waals surface area contributed by atoms with Gasteiger partial charge in [0.25, 0.3) is 0 Å². The predicted octanol–water partition coefficient (Wildman–Crippen LogP) is 2.08. The first-order valence-electron chi connectivity index (χ1n) is 6.09. The van der Waals surface area contributed by atoms with Crippen LogP contribution in [0.15, 0.2) is 18.2 Å². The molecule has 0 bridgehead atoms. The zero-order valence-corrected chi connectivity index (χ0v) is 11.2. The van der Waals surface area contributed by atoms with E-state index in [0.29, 0.717) is 18.7 Å². The average molecular weight is 248 g/mol. The molecule has 1 atom stereocenters. The van der Waals surface area contributed by atoms with Crippen LogP contribution in [-0.4, -0.2) is 26.4 Å². The van der Waals surface area contributed by atoms with Crippen LogP contribution in [0.2, 0.25) is 0 Å². The van der Waals surface area contributed by atoms with Crippen LogP contribution in [0.5, 0.6) is 5.75 Å². The van der Waals surface area contributed by atoms with E-state index in [0.717, 1.165) is 17.9 Å². The van der Waals surface area contributed by atoms with E-state index in [-0.39, 0.29) is 6.04 Å². The van der Waals surface area contributed by atoms with E-state index in [1.807, 2.05) is 19.1 Å². The predicted molar refractivity (Wildman–Crippen MR) is 70.5 cm³/mol. The monoisotopic (exact) mass is 248 g/mol. The van der Waals surface area contributed by atoms with Crippen molar-refractivity contribution in [2.24, 2.45) is 0 Å². The molecule has 0 aliphatic heterocycles. The summed E-state index contributed by atoms with van der Waals surface area (Å²) in [5.74, 6) is 0.796. The number of nitrogens with one attached hydrogen (secondary N) is 1. The number of nitriles is 1. The van der Waals surface area contributed by atoms with E-state index in [1.165, 1.54) is 0 Å². The largest absolute Gasteiger partial charge is 0.496 e. The molecule has 98 valence electrons. The van der Waals surface area contributed by atoms with Gasteiger partial charge < -0.3 is 14.8 Å². The van der Waals surface area contributed by atoms with Gasteiger partial charge in [-0.1, -0.05) is 0 Å². The zero-order valence-electron chi connectivity index (χ0n) is 11.2. The Morgan fingerprint density at radius 2 is 2.22 bits per heavy atom. The fourth-order valence-electron chi connectivity index (χ4n) is 1.62. The Labute approximate surface area is 109 Å². The van der Waals surface area contributed by atoms with Crippen LogP contribution in [0.3, 0.4) is 0 Å². The number of benzene rings is 1. The number of hydrogen-bond acceptors (Lipinski definition) is 4. The quantitative estimate of drug-likeness (QED) is 0.802. The third-order valence-corrected chi connectivity index (χ3v) is 2.62. The molecule has 0 heterocycles. The van der Waals surface area contributed by atoms with Crippen LogP contribution >= 0.6 is 0 Å². The zero-order chi connectivity index (χ0) is 13.4. The summed E-state index contributed by atoms with van der Waals surface area (Å²) in [7, 11) is 1.63. The minimum atomic E-state index is 0.264. The van der Waals surface area contributed by atoms with Crippen LogP contribution in [0.1, 0.15) is 25.0 Å². The average Bonchev–Trinajstić information content (AvgIpc) is 2.42. The second kappa shape index (κ2) is 7.70. The maximum absolute atomic E-state index is 8.89. The first-order chi connectivity index (χ1) is 8.71. The van der Waals surface area contributed by atoms with Gasteiger partial charge in [-0.05, 0) is 32.0 Å². The fraction of sp³-hybridized carbons (Fsp3) is 0.500. The smallest absolute Gasteiger partial charge is 0.123 e. The van der Waals surface area contributed by atoms with Gasteiger partial charge in [0.2, 0.25) is 0 Å². The van der Waals surface area contributed by atoms with E-state index in [1.54, 1.807) is 13.2 Å². The van der Waals surface area contributed by atoms with Gasteiger partial charge in [0.05, 0.1) is 25.3 Å². The van der Waals surface area contributed by atoms with Gasteiger partial charge in [-0.2, -0.15) is 5.26 Å². The van der Waals surface area contributed by atoms with Crippen molar-refractivity contribution >= 4 is 0 Å². The lowest BCUT2D eigenvalue weighted by molar-refractivity contribution is 0.127. The summed E-state index contributed by atoms with van der Waals surface area (Å²) in [6, 6.07) is 7.82. The van der Waals surface area contributed by atoms with Gasteiger partial charge in [0.15, 0.2) is 0 Å². The molecule has 4 nitrogen and oxygen atoms in total. The molecule has 1 rings (SSSR count). The highest BCUT2D eigenvalue weighted by atomic mass is 16.5. The molecular formula is C14H20N2O2. The highest BCUT2D eigenvalue weighted by molar-refractivity contribution is 5.41. The number of nitrogens with zero attached hydrogens (tertiary/aromatic N) is 1. The van der Waals surface area contributed by atoms with Crippen molar-refractivity contribution in [2.75, 3.05) is 20.3 Å². The van der Waals surface area contributed by atoms with Crippen molar-refractivity contribution in [3.05, 3.63) is 29.3 Å². The molecule has 0 fully saturated rings. The Morgan fingerprint density at radius 1 is 1.44 bits per heavy atom. The van der Waals surface area contributed by atoms with E-state index in [2.05, 4.69) is 18.3 Å². The van der Waals surface area contributed by atoms with Crippen LogP contribution < -0.4 is 10.1 Å². The summed E-state index contributed by atoms with van der Waals surface area (Å²) in [6.07, 6.45) is 0. The second-order valence-electron chi connectivity index (χ2n) is 4.08. The lowest BCUT2D eigenvalue weighted by Gasteiger charge is -2.15. The molecule has 0 spiro atoms. The Balaban J connectivity index is 2.62. The summed E-state index contributed by atoms with van der Waals surface area (Å²) in [5, 5.41) is 12.2. The molecule has 0 aliphatic rings. The molecule has 0 saturated heterocycles. The second-order valence-corrected chi connectivity index (χ2v) is 4.08. The molecule has 0 aliphatic carbocycles. The highest BCUT2D eigenvalue weighted by Crippen LogP contribution is 2.19. The lowest BCUT2D eigenvalue weighted by atomic mass is 10.1. The standard InChI is InChI=1S/C14H20N2O2/c1-4-18-10-11(2)16-9-13-7-12(8-15)5-6-14(13)17-3/h5-7,11,16H,4,9-10H2,1-3H3. The van der Waals surface area contributed by atoms with Gasteiger partial charge in [-0.15, -0.1) is 0 Å². The number of rotatable bonds is 7. The molecular weight excluding hydrogens is 228 g/mol. The van der Waals surface area contributed by atoms with E-state index < -0.39 is 0 Å². The van der Waals surface area contributed by atoms with Crippen LogP contribution in [0, 0.1) is 11.3 Å². The van der Waals surface area contributed by atoms with Crippen LogP contribution in [0.4, 0.5) is 0 Å². The minimum Gasteiger partial charge on any atom is -0.496 e. The molecule has 1 N–H and O–H groups in total. The number of methoxy groups -OCH3 is 1. The maximum atomic E-state index is 8.89. The summed E-state index contributed by atoms with van der Waals surface area (Å²) in [6.45, 7) is 6.10. The molecule has 1 aromatic rings. The van der Waals surface area contributed by atoms with E-state index in [4.69, 9.17) is 14.7 Å². The highest BCUT2D eigenvalue weighted by Gasteiger charge is 2.06. The van der Waals surface area contributed by atoms with Crippen molar-refractivity contribution in [3.63, 3.8) is 0 Å². The minimum absolute atomic E-state index is 0.264. The van der Waals surface area contributed by atoms with E-state index in [9.17, 15) is 0 Å². The molecule has 0 saturated carbocycles. The SMILES string of the molecule is CCOCC(C)NCc1cc(C#N)ccc1OC. The van der Waals surface area contributed by atoms with Gasteiger partial charge in [-0.25, -0.2) is 0 Å². The number of hydrogen-bond donors (Lipinski definition) is 1. The Hall–Kier alpha value is -1.57. The molecule has 0 radical (unpaired) electrons. The van der Waals surface area contributed by atoms with Gasteiger partial charge in [-0.3, -0.25) is 0 Å². The van der Waals surface area contributed by atoms with Crippen molar-refractivity contribution in [3.8, 4) is 11.8 Å². The number of ether oxygens (including phenoxy) is 2. The van der Waals surface area contributed by atoms with Crippen LogP contribution in [0.25, 0.3) is 0 Å². The lowest BCUT2D eigenvalue weighted by Crippen LogP contribution is -2.30. The van der Waals surface area contributed by atoms with E-state index >= 15 is 0 Å². The van der Waals surface area contributed by atoms with Crippen molar-refractivity contribution < 1.29 is 9.47 Å². The topological polar surface area (TPSA) is 54.3 Å². The summed E-state index contributed by atoms with van der Waals surface area (Å²) in [5.41, 5.74) is 1.63. The molecule has 1 aromatic carbocycles. The third kappa shape index (κ3) is 4.36. The third-order valence-electron chi connectivity index (χ3n) is 2.62. The molecule has 1 unspecified atom stereocenters.